The molecule has 0 spiro atoms. The number of nitrogens with one attached hydrogen (secondary N) is 1. The van der Waals surface area contributed by atoms with Gasteiger partial charge in [-0.15, -0.1) is 0 Å². The third kappa shape index (κ3) is 4.42. The number of fused-ring (bicyclic) bond motifs is 1. The molecule has 0 aliphatic carbocycles. The molecule has 0 unspecified atom stereocenters. The molecular weight excluding hydrogens is 423 g/mol. The van der Waals surface area contributed by atoms with Crippen LogP contribution in [-0.4, -0.2) is 37.2 Å². The number of urea groups is 1. The van der Waals surface area contributed by atoms with E-state index in [1.165, 1.54) is 0 Å². The lowest BCUT2D eigenvalue weighted by atomic mass is 10.1. The minimum absolute atomic E-state index is 0.133. The average molecular weight is 445 g/mol. The Morgan fingerprint density at radius 1 is 1.27 bits per heavy atom. The van der Waals surface area contributed by atoms with Gasteiger partial charge in [0, 0.05) is 38.1 Å². The number of rotatable bonds is 4. The summed E-state index contributed by atoms with van der Waals surface area (Å²) in [5.41, 5.74) is 3.92. The third-order valence-corrected chi connectivity index (χ3v) is 6.07. The molecule has 1 aliphatic heterocycles. The molecule has 0 fully saturated rings. The first-order chi connectivity index (χ1) is 14.4. The van der Waals surface area contributed by atoms with Gasteiger partial charge in [-0.3, -0.25) is 4.68 Å². The number of halogens is 2. The monoisotopic (exact) mass is 444 g/mol. The van der Waals surface area contributed by atoms with E-state index < -0.39 is 0 Å². The fraction of sp³-hybridized carbons (Fsp3) is 0.333. The standard InChI is InChI=1S/C21H22Cl2N6O/c1-13(14-3-4-17(22)18(23)9-14)26-21(30)29-8-6-15-11-24-20(27-19(15)12-29)10-16-5-7-25-28(16)2/h3-5,7,9,11,13H,6,8,10,12H2,1-2H3,(H,26,30)/t13-/m1/s1. The number of carbonyl (C=O) groups excluding carboxylic acids is 1. The number of hydrogen-bond donors (Lipinski definition) is 1. The Kier molecular flexibility index (Phi) is 5.92. The highest BCUT2D eigenvalue weighted by Crippen LogP contribution is 2.26. The van der Waals surface area contributed by atoms with E-state index in [2.05, 4.69) is 15.4 Å². The maximum absolute atomic E-state index is 12.8. The zero-order valence-corrected chi connectivity index (χ0v) is 18.3. The van der Waals surface area contributed by atoms with Crippen molar-refractivity contribution in [2.45, 2.75) is 32.4 Å². The van der Waals surface area contributed by atoms with Gasteiger partial charge in [0.15, 0.2) is 0 Å². The van der Waals surface area contributed by atoms with Gasteiger partial charge in [-0.25, -0.2) is 14.8 Å². The molecule has 0 bridgehead atoms. The van der Waals surface area contributed by atoms with Crippen molar-refractivity contribution in [1.29, 1.82) is 0 Å². The van der Waals surface area contributed by atoms with Crippen molar-refractivity contribution in [2.24, 2.45) is 7.05 Å². The second-order valence-corrected chi connectivity index (χ2v) is 8.21. The number of nitrogens with zero attached hydrogens (tertiary/aromatic N) is 5. The Balaban J connectivity index is 1.43. The predicted octanol–water partition coefficient (Wildman–Crippen LogP) is 3.94. The van der Waals surface area contributed by atoms with Crippen molar-refractivity contribution in [3.05, 3.63) is 75.0 Å². The largest absolute Gasteiger partial charge is 0.331 e. The van der Waals surface area contributed by atoms with E-state index in [9.17, 15) is 4.79 Å². The van der Waals surface area contributed by atoms with Crippen molar-refractivity contribution < 1.29 is 4.79 Å². The summed E-state index contributed by atoms with van der Waals surface area (Å²) in [5, 5.41) is 8.18. The quantitative estimate of drug-likeness (QED) is 0.660. The van der Waals surface area contributed by atoms with E-state index in [1.54, 1.807) is 23.2 Å². The highest BCUT2D eigenvalue weighted by atomic mass is 35.5. The molecule has 7 nitrogen and oxygen atoms in total. The van der Waals surface area contributed by atoms with Gasteiger partial charge >= 0.3 is 6.03 Å². The fourth-order valence-corrected chi connectivity index (χ4v) is 3.79. The van der Waals surface area contributed by atoms with Crippen molar-refractivity contribution in [3.8, 4) is 0 Å². The van der Waals surface area contributed by atoms with Crippen LogP contribution in [0.15, 0.2) is 36.7 Å². The summed E-state index contributed by atoms with van der Waals surface area (Å²) in [6, 6.07) is 7.00. The number of aryl methyl sites for hydroxylation is 1. The first-order valence-corrected chi connectivity index (χ1v) is 10.5. The van der Waals surface area contributed by atoms with Gasteiger partial charge < -0.3 is 10.2 Å². The van der Waals surface area contributed by atoms with E-state index in [4.69, 9.17) is 28.2 Å². The fourth-order valence-electron chi connectivity index (χ4n) is 3.48. The molecule has 2 amide bonds. The van der Waals surface area contributed by atoms with Crippen molar-refractivity contribution >= 4 is 29.2 Å². The summed E-state index contributed by atoms with van der Waals surface area (Å²) in [7, 11) is 1.90. The van der Waals surface area contributed by atoms with E-state index in [1.807, 2.05) is 37.0 Å². The molecule has 30 heavy (non-hydrogen) atoms. The molecule has 156 valence electrons. The molecule has 0 radical (unpaired) electrons. The van der Waals surface area contributed by atoms with Gasteiger partial charge in [0.2, 0.25) is 0 Å². The zero-order chi connectivity index (χ0) is 21.3. The SMILES string of the molecule is C[C@@H](NC(=O)N1CCc2cnc(Cc3ccnn3C)nc2C1)c1ccc(Cl)c(Cl)c1. The van der Waals surface area contributed by atoms with Crippen LogP contribution in [0.25, 0.3) is 0 Å². The van der Waals surface area contributed by atoms with Gasteiger partial charge in [-0.2, -0.15) is 5.10 Å². The van der Waals surface area contributed by atoms with E-state index in [0.717, 1.165) is 34.8 Å². The van der Waals surface area contributed by atoms with Crippen molar-refractivity contribution in [1.82, 2.24) is 30.0 Å². The van der Waals surface area contributed by atoms with E-state index >= 15 is 0 Å². The minimum Gasteiger partial charge on any atom is -0.331 e. The first-order valence-electron chi connectivity index (χ1n) is 9.71. The number of hydrogen-bond acceptors (Lipinski definition) is 4. The van der Waals surface area contributed by atoms with Crippen LogP contribution in [0, 0.1) is 0 Å². The molecule has 3 heterocycles. The Morgan fingerprint density at radius 3 is 2.83 bits per heavy atom. The molecule has 0 saturated carbocycles. The summed E-state index contributed by atoms with van der Waals surface area (Å²) >= 11 is 12.1. The Bertz CT molecular complexity index is 1080. The van der Waals surface area contributed by atoms with E-state index in [-0.39, 0.29) is 12.1 Å². The van der Waals surface area contributed by atoms with Crippen LogP contribution >= 0.6 is 23.2 Å². The molecule has 3 aromatic rings. The molecule has 2 aromatic heterocycles. The lowest BCUT2D eigenvalue weighted by Gasteiger charge is -2.29. The predicted molar refractivity (Wildman–Crippen MR) is 116 cm³/mol. The Morgan fingerprint density at radius 2 is 2.10 bits per heavy atom. The van der Waals surface area contributed by atoms with Crippen molar-refractivity contribution in [2.75, 3.05) is 6.54 Å². The van der Waals surface area contributed by atoms with Gasteiger partial charge in [-0.05, 0) is 42.7 Å². The molecular formula is C21H22Cl2N6O. The van der Waals surface area contributed by atoms with Crippen LogP contribution in [0.5, 0.6) is 0 Å². The molecule has 9 heteroatoms. The molecule has 1 aliphatic rings. The summed E-state index contributed by atoms with van der Waals surface area (Å²) < 4.78 is 1.81. The topological polar surface area (TPSA) is 75.9 Å². The van der Waals surface area contributed by atoms with Crippen LogP contribution in [0.4, 0.5) is 4.79 Å². The lowest BCUT2D eigenvalue weighted by Crippen LogP contribution is -2.44. The molecule has 1 aromatic carbocycles. The summed E-state index contributed by atoms with van der Waals surface area (Å²) in [6.45, 7) is 3.00. The number of aromatic nitrogens is 4. The van der Waals surface area contributed by atoms with E-state index in [0.29, 0.717) is 29.6 Å². The van der Waals surface area contributed by atoms with Gasteiger partial charge in [0.1, 0.15) is 5.82 Å². The third-order valence-electron chi connectivity index (χ3n) is 5.33. The molecule has 1 N–H and O–H groups in total. The second-order valence-electron chi connectivity index (χ2n) is 7.40. The van der Waals surface area contributed by atoms with Crippen LogP contribution in [-0.2, 0) is 26.4 Å². The molecule has 1 atom stereocenters. The smallest absolute Gasteiger partial charge is 0.318 e. The number of benzene rings is 1. The highest BCUT2D eigenvalue weighted by Gasteiger charge is 2.24. The zero-order valence-electron chi connectivity index (χ0n) is 16.8. The Labute approximate surface area is 185 Å². The molecule has 4 rings (SSSR count). The number of carbonyl (C=O) groups is 1. The van der Waals surface area contributed by atoms with Gasteiger partial charge in [0.25, 0.3) is 0 Å². The van der Waals surface area contributed by atoms with Gasteiger partial charge in [0.05, 0.1) is 28.3 Å². The summed E-state index contributed by atoms with van der Waals surface area (Å²) in [6.07, 6.45) is 4.97. The normalized spacial score (nSPS) is 14.3. The second kappa shape index (κ2) is 8.62. The summed E-state index contributed by atoms with van der Waals surface area (Å²) in [5.74, 6) is 0.726. The summed E-state index contributed by atoms with van der Waals surface area (Å²) in [4.78, 5) is 23.8. The van der Waals surface area contributed by atoms with Crippen LogP contribution in [0.1, 0.15) is 41.3 Å². The van der Waals surface area contributed by atoms with Crippen LogP contribution in [0.2, 0.25) is 10.0 Å². The lowest BCUT2D eigenvalue weighted by molar-refractivity contribution is 0.188. The van der Waals surface area contributed by atoms with Crippen molar-refractivity contribution in [3.63, 3.8) is 0 Å². The maximum Gasteiger partial charge on any atom is 0.318 e. The Hall–Kier alpha value is -2.64. The molecule has 0 saturated heterocycles. The number of amides is 2. The maximum atomic E-state index is 12.8. The minimum atomic E-state index is -0.195. The van der Waals surface area contributed by atoms with Crippen LogP contribution < -0.4 is 5.32 Å². The first kappa shape index (κ1) is 20.6. The van der Waals surface area contributed by atoms with Crippen LogP contribution in [0.3, 0.4) is 0 Å². The van der Waals surface area contributed by atoms with Gasteiger partial charge in [-0.1, -0.05) is 29.3 Å². The average Bonchev–Trinajstić information content (AvgIpc) is 3.13. The highest BCUT2D eigenvalue weighted by molar-refractivity contribution is 6.42.